The second-order valence-corrected chi connectivity index (χ2v) is 8.09. The van der Waals surface area contributed by atoms with Gasteiger partial charge in [0.25, 0.3) is 11.8 Å². The Hall–Kier alpha value is -3.13. The number of nitrogens with zero attached hydrogens (tertiary/aromatic N) is 2. The van der Waals surface area contributed by atoms with E-state index in [1.807, 2.05) is 4.90 Å². The molecule has 4 rings (SSSR count). The van der Waals surface area contributed by atoms with E-state index < -0.39 is 0 Å². The number of hydrogen-bond donors (Lipinski definition) is 2. The monoisotopic (exact) mass is 424 g/mol. The van der Waals surface area contributed by atoms with Crippen molar-refractivity contribution in [3.05, 3.63) is 54.0 Å². The molecule has 1 aromatic heterocycles. The molecule has 8 heteroatoms. The fraction of sp³-hybridized carbons (Fsp3) is 0.435. The zero-order valence-corrected chi connectivity index (χ0v) is 17.5. The van der Waals surface area contributed by atoms with Crippen LogP contribution in [0, 0.1) is 0 Å². The first-order chi connectivity index (χ1) is 15.1. The van der Waals surface area contributed by atoms with E-state index in [4.69, 9.17) is 4.42 Å². The van der Waals surface area contributed by atoms with Crippen molar-refractivity contribution in [2.24, 2.45) is 0 Å². The molecule has 0 radical (unpaired) electrons. The lowest BCUT2D eigenvalue weighted by Gasteiger charge is -2.33. The summed E-state index contributed by atoms with van der Waals surface area (Å²) in [6.07, 6.45) is 5.79. The SMILES string of the molecule is O=C(CN1CCN(C(=O)c2ccco2)CC1)Nc1ccccc1C(=O)NC1CCCC1. The van der Waals surface area contributed by atoms with Gasteiger partial charge in [-0.05, 0) is 37.1 Å². The second kappa shape index (κ2) is 9.78. The Morgan fingerprint density at radius 3 is 2.42 bits per heavy atom. The summed E-state index contributed by atoms with van der Waals surface area (Å²) >= 11 is 0. The maximum Gasteiger partial charge on any atom is 0.289 e. The Morgan fingerprint density at radius 1 is 0.968 bits per heavy atom. The Balaban J connectivity index is 1.28. The minimum Gasteiger partial charge on any atom is -0.459 e. The van der Waals surface area contributed by atoms with Gasteiger partial charge >= 0.3 is 0 Å². The number of para-hydroxylation sites is 1. The van der Waals surface area contributed by atoms with Gasteiger partial charge < -0.3 is 20.0 Å². The number of carbonyl (C=O) groups excluding carboxylic acids is 3. The highest BCUT2D eigenvalue weighted by atomic mass is 16.3. The fourth-order valence-corrected chi connectivity index (χ4v) is 4.18. The number of anilines is 1. The quantitative estimate of drug-likeness (QED) is 0.742. The predicted molar refractivity (Wildman–Crippen MR) is 116 cm³/mol. The van der Waals surface area contributed by atoms with Gasteiger partial charge in [-0.3, -0.25) is 19.3 Å². The number of nitrogens with one attached hydrogen (secondary N) is 2. The standard InChI is InChI=1S/C23H28N4O4/c28-21(16-26-11-13-27(14-12-26)23(30)20-10-5-15-31-20)25-19-9-4-3-8-18(19)22(29)24-17-6-1-2-7-17/h3-5,8-10,15,17H,1-2,6-7,11-14,16H2,(H,24,29)(H,25,28). The Labute approximate surface area is 181 Å². The van der Waals surface area contributed by atoms with E-state index in [1.54, 1.807) is 41.3 Å². The van der Waals surface area contributed by atoms with Crippen LogP contribution in [0.2, 0.25) is 0 Å². The molecule has 2 N–H and O–H groups in total. The first kappa shape index (κ1) is 21.1. The molecule has 2 heterocycles. The van der Waals surface area contributed by atoms with Gasteiger partial charge in [-0.25, -0.2) is 0 Å². The lowest BCUT2D eigenvalue weighted by atomic mass is 10.1. The van der Waals surface area contributed by atoms with Gasteiger partial charge in [0.2, 0.25) is 5.91 Å². The zero-order chi connectivity index (χ0) is 21.6. The van der Waals surface area contributed by atoms with Crippen LogP contribution < -0.4 is 10.6 Å². The molecule has 0 spiro atoms. The van der Waals surface area contributed by atoms with Crippen LogP contribution in [0.5, 0.6) is 0 Å². The van der Waals surface area contributed by atoms with Gasteiger partial charge in [0.05, 0.1) is 24.1 Å². The van der Waals surface area contributed by atoms with E-state index in [0.717, 1.165) is 25.7 Å². The lowest BCUT2D eigenvalue weighted by Crippen LogP contribution is -2.50. The van der Waals surface area contributed by atoms with Crippen molar-refractivity contribution in [3.8, 4) is 0 Å². The van der Waals surface area contributed by atoms with E-state index in [0.29, 0.717) is 43.2 Å². The van der Waals surface area contributed by atoms with Crippen LogP contribution in [0.4, 0.5) is 5.69 Å². The summed E-state index contributed by atoms with van der Waals surface area (Å²) in [5.74, 6) is -0.116. The lowest BCUT2D eigenvalue weighted by molar-refractivity contribution is -0.117. The molecule has 0 unspecified atom stereocenters. The molecule has 2 aromatic rings. The molecule has 3 amide bonds. The number of furan rings is 1. The molecule has 0 atom stereocenters. The Morgan fingerprint density at radius 2 is 1.71 bits per heavy atom. The number of benzene rings is 1. The summed E-state index contributed by atoms with van der Waals surface area (Å²) < 4.78 is 5.18. The molecule has 8 nitrogen and oxygen atoms in total. The van der Waals surface area contributed by atoms with Crippen LogP contribution in [-0.4, -0.2) is 66.3 Å². The highest BCUT2D eigenvalue weighted by Gasteiger charge is 2.25. The van der Waals surface area contributed by atoms with E-state index in [-0.39, 0.29) is 30.3 Å². The molecular formula is C23H28N4O4. The van der Waals surface area contributed by atoms with Crippen LogP contribution in [0.3, 0.4) is 0 Å². The molecular weight excluding hydrogens is 396 g/mol. The van der Waals surface area contributed by atoms with Gasteiger partial charge in [-0.1, -0.05) is 25.0 Å². The van der Waals surface area contributed by atoms with Crippen molar-refractivity contribution in [2.45, 2.75) is 31.7 Å². The van der Waals surface area contributed by atoms with E-state index in [2.05, 4.69) is 10.6 Å². The Kier molecular flexibility index (Phi) is 6.66. The van der Waals surface area contributed by atoms with Gasteiger partial charge in [0.1, 0.15) is 0 Å². The molecule has 2 fully saturated rings. The molecule has 31 heavy (non-hydrogen) atoms. The molecule has 1 saturated carbocycles. The van der Waals surface area contributed by atoms with Gasteiger partial charge in [0.15, 0.2) is 5.76 Å². The number of piperazine rings is 1. The number of amides is 3. The van der Waals surface area contributed by atoms with Crippen molar-refractivity contribution in [2.75, 3.05) is 38.0 Å². The van der Waals surface area contributed by atoms with Crippen LogP contribution in [0.15, 0.2) is 47.1 Å². The Bertz CT molecular complexity index is 913. The molecule has 1 aromatic carbocycles. The summed E-state index contributed by atoms with van der Waals surface area (Å²) in [4.78, 5) is 41.4. The summed E-state index contributed by atoms with van der Waals surface area (Å²) in [6.45, 7) is 2.48. The van der Waals surface area contributed by atoms with Crippen LogP contribution in [0.25, 0.3) is 0 Å². The minimum absolute atomic E-state index is 0.128. The molecule has 0 bridgehead atoms. The normalized spacial score (nSPS) is 17.5. The summed E-state index contributed by atoms with van der Waals surface area (Å²) in [5, 5.41) is 5.95. The van der Waals surface area contributed by atoms with Gasteiger partial charge in [-0.2, -0.15) is 0 Å². The second-order valence-electron chi connectivity index (χ2n) is 8.09. The van der Waals surface area contributed by atoms with E-state index in [9.17, 15) is 14.4 Å². The highest BCUT2D eigenvalue weighted by molar-refractivity contribution is 6.04. The van der Waals surface area contributed by atoms with E-state index >= 15 is 0 Å². The third-order valence-electron chi connectivity index (χ3n) is 5.89. The fourth-order valence-electron chi connectivity index (χ4n) is 4.18. The smallest absolute Gasteiger partial charge is 0.289 e. The zero-order valence-electron chi connectivity index (χ0n) is 17.5. The topological polar surface area (TPSA) is 94.9 Å². The first-order valence-corrected chi connectivity index (χ1v) is 10.8. The van der Waals surface area contributed by atoms with Crippen molar-refractivity contribution < 1.29 is 18.8 Å². The van der Waals surface area contributed by atoms with Gasteiger partial charge in [0, 0.05) is 32.2 Å². The number of carbonyl (C=O) groups is 3. The average molecular weight is 425 g/mol. The van der Waals surface area contributed by atoms with Crippen molar-refractivity contribution in [1.29, 1.82) is 0 Å². The maximum atomic E-state index is 12.7. The predicted octanol–water partition coefficient (Wildman–Crippen LogP) is 2.35. The van der Waals surface area contributed by atoms with Crippen molar-refractivity contribution >= 4 is 23.4 Å². The first-order valence-electron chi connectivity index (χ1n) is 10.8. The van der Waals surface area contributed by atoms with Gasteiger partial charge in [-0.15, -0.1) is 0 Å². The summed E-state index contributed by atoms with van der Waals surface area (Å²) in [7, 11) is 0. The largest absolute Gasteiger partial charge is 0.459 e. The van der Waals surface area contributed by atoms with E-state index in [1.165, 1.54) is 6.26 Å². The van der Waals surface area contributed by atoms with Crippen LogP contribution in [0.1, 0.15) is 46.6 Å². The molecule has 1 aliphatic heterocycles. The van der Waals surface area contributed by atoms with Crippen molar-refractivity contribution in [1.82, 2.24) is 15.1 Å². The van der Waals surface area contributed by atoms with Crippen LogP contribution >= 0.6 is 0 Å². The molecule has 1 aliphatic carbocycles. The van der Waals surface area contributed by atoms with Crippen LogP contribution in [-0.2, 0) is 4.79 Å². The summed E-state index contributed by atoms with van der Waals surface area (Å²) in [6, 6.07) is 10.7. The minimum atomic E-state index is -0.174. The third-order valence-corrected chi connectivity index (χ3v) is 5.89. The average Bonchev–Trinajstić information content (AvgIpc) is 3.48. The third kappa shape index (κ3) is 5.32. The molecule has 164 valence electrons. The van der Waals surface area contributed by atoms with Crippen molar-refractivity contribution in [3.63, 3.8) is 0 Å². The molecule has 1 saturated heterocycles. The number of hydrogen-bond acceptors (Lipinski definition) is 5. The maximum absolute atomic E-state index is 12.7. The highest BCUT2D eigenvalue weighted by Crippen LogP contribution is 2.20. The number of rotatable bonds is 6. The summed E-state index contributed by atoms with van der Waals surface area (Å²) in [5.41, 5.74) is 1.01. The molecule has 2 aliphatic rings.